The second-order valence-corrected chi connectivity index (χ2v) is 11.4. The fourth-order valence-electron chi connectivity index (χ4n) is 5.82. The summed E-state index contributed by atoms with van der Waals surface area (Å²) in [5.41, 5.74) is 5.91. The third-order valence-electron chi connectivity index (χ3n) is 8.61. The molecule has 0 radical (unpaired) electrons. The summed E-state index contributed by atoms with van der Waals surface area (Å²) in [6.45, 7) is 4.80. The number of carboxylic acids is 1. The Bertz CT molecular complexity index is 1300. The average molecular weight is 556 g/mol. The maximum Gasteiger partial charge on any atom is 0.310 e. The number of carboxylic acid groups (broad SMARTS) is 1. The Hall–Kier alpha value is -3.78. The van der Waals surface area contributed by atoms with Crippen LogP contribution in [0.1, 0.15) is 55.2 Å². The van der Waals surface area contributed by atoms with Gasteiger partial charge in [0.25, 0.3) is 0 Å². The fraction of sp³-hybridized carbons (Fsp3) is 0.455. The molecule has 5 rings (SSSR count). The Morgan fingerprint density at radius 3 is 2.20 bits per heavy atom. The lowest BCUT2D eigenvalue weighted by atomic mass is 9.88. The van der Waals surface area contributed by atoms with E-state index < -0.39 is 11.9 Å². The van der Waals surface area contributed by atoms with E-state index >= 15 is 0 Å². The molecule has 2 aliphatic heterocycles. The van der Waals surface area contributed by atoms with Gasteiger partial charge >= 0.3 is 5.97 Å². The van der Waals surface area contributed by atoms with Crippen molar-refractivity contribution in [3.63, 3.8) is 0 Å². The number of anilines is 1. The average Bonchev–Trinajstić information content (AvgIpc) is 2.98. The summed E-state index contributed by atoms with van der Waals surface area (Å²) < 4.78 is 0. The number of unbranched alkanes of at least 4 members (excludes halogenated alkanes) is 1. The van der Waals surface area contributed by atoms with Gasteiger partial charge in [-0.1, -0.05) is 61.9 Å². The van der Waals surface area contributed by atoms with E-state index in [4.69, 9.17) is 5.11 Å². The van der Waals surface area contributed by atoms with Crippen LogP contribution in [0.4, 0.5) is 5.69 Å². The standard InChI is InChI=1S/C33H41N5O3/c1-3-4-5-23-6-10-25(11-7-23)26-14-16-37(17-15-26)29-19-35-31(36-20-29)27-12-8-24(9-13-27)18-30(34-2)32(39)38-21-28(22-38)33(40)41/h6-13,19-20,26,28,30,34H,3-5,14-18,21-22H2,1-2H3,(H,40,41). The molecule has 1 unspecified atom stereocenters. The molecule has 0 spiro atoms. The van der Waals surface area contributed by atoms with Gasteiger partial charge < -0.3 is 20.2 Å². The van der Waals surface area contributed by atoms with Crippen molar-refractivity contribution in [3.05, 3.63) is 77.6 Å². The summed E-state index contributed by atoms with van der Waals surface area (Å²) in [6.07, 6.45) is 10.3. The number of benzene rings is 2. The molecule has 1 atom stereocenters. The molecule has 8 heteroatoms. The van der Waals surface area contributed by atoms with Crippen LogP contribution in [0.25, 0.3) is 11.4 Å². The Morgan fingerprint density at radius 1 is 0.976 bits per heavy atom. The van der Waals surface area contributed by atoms with Crippen molar-refractivity contribution in [2.24, 2.45) is 5.92 Å². The Morgan fingerprint density at radius 2 is 1.61 bits per heavy atom. The first-order chi connectivity index (χ1) is 19.9. The number of hydrogen-bond acceptors (Lipinski definition) is 6. The third kappa shape index (κ3) is 6.93. The van der Waals surface area contributed by atoms with Crippen molar-refractivity contribution in [2.45, 2.75) is 57.4 Å². The molecular weight excluding hydrogens is 514 g/mol. The molecule has 0 saturated carbocycles. The fourth-order valence-corrected chi connectivity index (χ4v) is 5.82. The van der Waals surface area contributed by atoms with E-state index in [1.165, 1.54) is 30.4 Å². The number of aromatic nitrogens is 2. The number of amides is 1. The second-order valence-electron chi connectivity index (χ2n) is 11.4. The molecule has 2 aliphatic rings. The number of hydrogen-bond donors (Lipinski definition) is 2. The maximum absolute atomic E-state index is 12.8. The number of likely N-dealkylation sites (tertiary alicyclic amines) is 1. The van der Waals surface area contributed by atoms with Gasteiger partial charge in [0.15, 0.2) is 5.82 Å². The maximum atomic E-state index is 12.8. The second kappa shape index (κ2) is 13.3. The summed E-state index contributed by atoms with van der Waals surface area (Å²) in [5, 5.41) is 12.2. The Kier molecular flexibility index (Phi) is 9.29. The van der Waals surface area contributed by atoms with Gasteiger partial charge in [0, 0.05) is 31.7 Å². The number of nitrogens with zero attached hydrogens (tertiary/aromatic N) is 4. The van der Waals surface area contributed by atoms with Crippen molar-refractivity contribution in [1.29, 1.82) is 0 Å². The highest BCUT2D eigenvalue weighted by atomic mass is 16.4. The molecule has 2 fully saturated rings. The van der Waals surface area contributed by atoms with Crippen molar-refractivity contribution < 1.29 is 14.7 Å². The van der Waals surface area contributed by atoms with Crippen LogP contribution >= 0.6 is 0 Å². The number of nitrogens with one attached hydrogen (secondary N) is 1. The summed E-state index contributed by atoms with van der Waals surface area (Å²) in [5.74, 6) is -0.0654. The molecule has 2 saturated heterocycles. The van der Waals surface area contributed by atoms with Crippen molar-refractivity contribution >= 4 is 17.6 Å². The lowest BCUT2D eigenvalue weighted by Crippen LogP contribution is -2.58. The van der Waals surface area contributed by atoms with Gasteiger partial charge in [-0.2, -0.15) is 0 Å². The Labute approximate surface area is 242 Å². The van der Waals surface area contributed by atoms with E-state index in [2.05, 4.69) is 51.4 Å². The zero-order chi connectivity index (χ0) is 28.8. The van der Waals surface area contributed by atoms with Crippen molar-refractivity contribution in [1.82, 2.24) is 20.2 Å². The summed E-state index contributed by atoms with van der Waals surface area (Å²) in [6, 6.07) is 16.9. The first-order valence-electron chi connectivity index (χ1n) is 14.9. The molecule has 41 heavy (non-hydrogen) atoms. The number of carbonyl (C=O) groups is 2. The first kappa shape index (κ1) is 28.7. The molecular formula is C33H41N5O3. The summed E-state index contributed by atoms with van der Waals surface area (Å²) in [4.78, 5) is 37.1. The van der Waals surface area contributed by atoms with E-state index in [1.54, 1.807) is 11.9 Å². The quantitative estimate of drug-likeness (QED) is 0.358. The number of piperidine rings is 1. The van der Waals surface area contributed by atoms with E-state index in [0.29, 0.717) is 18.2 Å². The highest BCUT2D eigenvalue weighted by molar-refractivity contribution is 5.85. The van der Waals surface area contributed by atoms with E-state index in [0.717, 1.165) is 42.7 Å². The van der Waals surface area contributed by atoms with E-state index in [-0.39, 0.29) is 25.0 Å². The minimum Gasteiger partial charge on any atom is -0.481 e. The highest BCUT2D eigenvalue weighted by Crippen LogP contribution is 2.31. The van der Waals surface area contributed by atoms with Gasteiger partial charge in [0.05, 0.1) is 30.0 Å². The first-order valence-corrected chi connectivity index (χ1v) is 14.9. The monoisotopic (exact) mass is 555 g/mol. The number of rotatable bonds is 11. The third-order valence-corrected chi connectivity index (χ3v) is 8.61. The van der Waals surface area contributed by atoms with Gasteiger partial charge in [-0.3, -0.25) is 9.59 Å². The molecule has 1 amide bonds. The van der Waals surface area contributed by atoms with Gasteiger partial charge in [-0.15, -0.1) is 0 Å². The molecule has 1 aromatic heterocycles. The highest BCUT2D eigenvalue weighted by Gasteiger charge is 2.37. The number of likely N-dealkylation sites (N-methyl/N-ethyl adjacent to an activating group) is 1. The van der Waals surface area contributed by atoms with Gasteiger partial charge in [-0.25, -0.2) is 9.97 Å². The topological polar surface area (TPSA) is 98.7 Å². The van der Waals surface area contributed by atoms with E-state index in [1.807, 2.05) is 36.7 Å². The molecule has 3 aromatic rings. The van der Waals surface area contributed by atoms with E-state index in [9.17, 15) is 9.59 Å². The number of aliphatic carboxylic acids is 1. The zero-order valence-electron chi connectivity index (χ0n) is 24.1. The predicted octanol–water partition coefficient (Wildman–Crippen LogP) is 4.54. The Balaban J connectivity index is 1.12. The lowest BCUT2D eigenvalue weighted by molar-refractivity contribution is -0.153. The van der Waals surface area contributed by atoms with Crippen molar-refractivity contribution in [2.75, 3.05) is 38.1 Å². The van der Waals surface area contributed by atoms with Gasteiger partial charge in [-0.05, 0) is 61.8 Å². The molecule has 0 bridgehead atoms. The predicted molar refractivity (Wildman–Crippen MR) is 161 cm³/mol. The van der Waals surface area contributed by atoms with Crippen molar-refractivity contribution in [3.8, 4) is 11.4 Å². The SMILES string of the molecule is CCCCc1ccc(C2CCN(c3cnc(-c4ccc(CC(NC)C(=O)N5CC(C(=O)O)C5)cc4)nc3)CC2)cc1. The minimum absolute atomic E-state index is 0.0580. The lowest BCUT2D eigenvalue weighted by Gasteiger charge is -2.38. The van der Waals surface area contributed by atoms with Gasteiger partial charge in [0.2, 0.25) is 5.91 Å². The molecule has 8 nitrogen and oxygen atoms in total. The summed E-state index contributed by atoms with van der Waals surface area (Å²) >= 11 is 0. The molecule has 0 aliphatic carbocycles. The van der Waals surface area contributed by atoms with Crippen LogP contribution < -0.4 is 10.2 Å². The molecule has 3 heterocycles. The zero-order valence-corrected chi connectivity index (χ0v) is 24.1. The largest absolute Gasteiger partial charge is 0.481 e. The van der Waals surface area contributed by atoms with Crippen LogP contribution in [-0.4, -0.2) is 71.1 Å². The number of aryl methyl sites for hydroxylation is 1. The smallest absolute Gasteiger partial charge is 0.310 e. The minimum atomic E-state index is -0.843. The van der Waals surface area contributed by atoms with Crippen LogP contribution in [0.15, 0.2) is 60.9 Å². The molecule has 216 valence electrons. The molecule has 2 aromatic carbocycles. The van der Waals surface area contributed by atoms with Crippen LogP contribution in [-0.2, 0) is 22.4 Å². The molecule has 2 N–H and O–H groups in total. The number of carbonyl (C=O) groups excluding carboxylic acids is 1. The van der Waals surface area contributed by atoms with Crippen LogP contribution in [0.5, 0.6) is 0 Å². The van der Waals surface area contributed by atoms with Crippen LogP contribution in [0.2, 0.25) is 0 Å². The van der Waals surface area contributed by atoms with Crippen LogP contribution in [0.3, 0.4) is 0 Å². The summed E-state index contributed by atoms with van der Waals surface area (Å²) in [7, 11) is 1.76. The van der Waals surface area contributed by atoms with Gasteiger partial charge in [0.1, 0.15) is 0 Å². The van der Waals surface area contributed by atoms with Crippen LogP contribution in [0, 0.1) is 5.92 Å². The normalized spacial score (nSPS) is 16.8.